The van der Waals surface area contributed by atoms with Crippen LogP contribution in [0.1, 0.15) is 22.0 Å². The lowest BCUT2D eigenvalue weighted by Gasteiger charge is -2.13. The number of halogens is 3. The van der Waals surface area contributed by atoms with Crippen molar-refractivity contribution in [1.82, 2.24) is 10.3 Å². The van der Waals surface area contributed by atoms with Crippen LogP contribution in [0, 0.1) is 0 Å². The van der Waals surface area contributed by atoms with Crippen LogP contribution in [0.15, 0.2) is 42.6 Å². The Morgan fingerprint density at radius 1 is 1.35 bits per heavy atom. The number of carbonyl (C=O) groups is 1. The molecule has 0 aliphatic rings. The largest absolute Gasteiger partial charge is 0.435 e. The summed E-state index contributed by atoms with van der Waals surface area (Å²) < 4.78 is 28.6. The molecule has 1 unspecified atom stereocenters. The van der Waals surface area contributed by atoms with E-state index in [1.807, 2.05) is 0 Å². The highest BCUT2D eigenvalue weighted by atomic mass is 35.5. The van der Waals surface area contributed by atoms with E-state index in [1.165, 1.54) is 36.5 Å². The molecule has 0 saturated heterocycles. The zero-order valence-electron chi connectivity index (χ0n) is 11.7. The molecule has 8 heteroatoms. The summed E-state index contributed by atoms with van der Waals surface area (Å²) in [5.41, 5.74) is 0.642. The fourth-order valence-corrected chi connectivity index (χ4v) is 2.02. The Balaban J connectivity index is 1.96. The number of aromatic nitrogens is 1. The van der Waals surface area contributed by atoms with E-state index in [1.54, 1.807) is 6.07 Å². The van der Waals surface area contributed by atoms with Gasteiger partial charge in [0.1, 0.15) is 10.9 Å². The Kier molecular flexibility index (Phi) is 5.84. The van der Waals surface area contributed by atoms with E-state index in [4.69, 9.17) is 11.6 Å². The van der Waals surface area contributed by atoms with Crippen LogP contribution in [0.3, 0.4) is 0 Å². The van der Waals surface area contributed by atoms with E-state index < -0.39 is 18.6 Å². The molecule has 1 atom stereocenters. The van der Waals surface area contributed by atoms with Crippen molar-refractivity contribution in [2.45, 2.75) is 12.7 Å². The summed E-state index contributed by atoms with van der Waals surface area (Å²) in [6, 6.07) is 8.51. The third-order valence-electron chi connectivity index (χ3n) is 2.91. The Labute approximate surface area is 135 Å². The van der Waals surface area contributed by atoms with Crippen LogP contribution >= 0.6 is 11.6 Å². The quantitative estimate of drug-likeness (QED) is 0.792. The number of aliphatic hydroxyl groups is 1. The molecule has 0 bridgehead atoms. The second-order valence-electron chi connectivity index (χ2n) is 4.54. The van der Waals surface area contributed by atoms with Crippen molar-refractivity contribution in [3.8, 4) is 5.75 Å². The summed E-state index contributed by atoms with van der Waals surface area (Å²) in [7, 11) is 0. The van der Waals surface area contributed by atoms with Crippen LogP contribution in [-0.4, -0.2) is 29.2 Å². The Hall–Kier alpha value is -2.25. The van der Waals surface area contributed by atoms with E-state index in [0.29, 0.717) is 11.1 Å². The standard InChI is InChI=1S/C15H13ClF2N2O3/c16-13-7-10(4-5-19-13)14(22)20-8-12(21)9-2-1-3-11(6-9)23-15(17)18/h1-7,12,15,21H,8H2,(H,20,22). The topological polar surface area (TPSA) is 71.5 Å². The van der Waals surface area contributed by atoms with Crippen molar-refractivity contribution < 1.29 is 23.4 Å². The molecule has 1 heterocycles. The summed E-state index contributed by atoms with van der Waals surface area (Å²) in [6.45, 7) is -3.05. The second kappa shape index (κ2) is 7.85. The van der Waals surface area contributed by atoms with Gasteiger partial charge in [0.05, 0.1) is 6.10 Å². The van der Waals surface area contributed by atoms with Gasteiger partial charge >= 0.3 is 6.61 Å². The number of hydrogen-bond donors (Lipinski definition) is 2. The smallest absolute Gasteiger partial charge is 0.387 e. The molecule has 0 spiro atoms. The number of nitrogens with one attached hydrogen (secondary N) is 1. The summed E-state index contributed by atoms with van der Waals surface area (Å²) in [6.07, 6.45) is 0.316. The molecule has 23 heavy (non-hydrogen) atoms. The lowest BCUT2D eigenvalue weighted by Crippen LogP contribution is -2.28. The van der Waals surface area contributed by atoms with Gasteiger partial charge in [-0.25, -0.2) is 4.98 Å². The number of amides is 1. The second-order valence-corrected chi connectivity index (χ2v) is 4.93. The van der Waals surface area contributed by atoms with Gasteiger partial charge in [0.2, 0.25) is 0 Å². The fraction of sp³-hybridized carbons (Fsp3) is 0.200. The van der Waals surface area contributed by atoms with Gasteiger partial charge in [0.25, 0.3) is 5.91 Å². The molecule has 1 aromatic heterocycles. The minimum atomic E-state index is -2.95. The summed E-state index contributed by atoms with van der Waals surface area (Å²) in [5, 5.41) is 12.7. The number of carbonyl (C=O) groups excluding carboxylic acids is 1. The molecule has 0 radical (unpaired) electrons. The summed E-state index contributed by atoms with van der Waals surface area (Å²) in [5.74, 6) is -0.503. The molecule has 0 aliphatic carbocycles. The Bertz CT molecular complexity index is 685. The number of aliphatic hydroxyl groups excluding tert-OH is 1. The molecule has 122 valence electrons. The maximum absolute atomic E-state index is 12.2. The van der Waals surface area contributed by atoms with Crippen molar-refractivity contribution >= 4 is 17.5 Å². The Morgan fingerprint density at radius 3 is 2.83 bits per heavy atom. The van der Waals surface area contributed by atoms with E-state index >= 15 is 0 Å². The van der Waals surface area contributed by atoms with Crippen LogP contribution in [0.25, 0.3) is 0 Å². The first-order chi connectivity index (χ1) is 11.0. The predicted octanol–water partition coefficient (Wildman–Crippen LogP) is 2.80. The van der Waals surface area contributed by atoms with E-state index in [2.05, 4.69) is 15.0 Å². The molecule has 2 aromatic rings. The first-order valence-electron chi connectivity index (χ1n) is 6.58. The zero-order valence-corrected chi connectivity index (χ0v) is 12.5. The SMILES string of the molecule is O=C(NCC(O)c1cccc(OC(F)F)c1)c1ccnc(Cl)c1. The third-order valence-corrected chi connectivity index (χ3v) is 3.12. The zero-order chi connectivity index (χ0) is 16.8. The fourth-order valence-electron chi connectivity index (χ4n) is 1.85. The number of nitrogens with zero attached hydrogens (tertiary/aromatic N) is 1. The highest BCUT2D eigenvalue weighted by molar-refractivity contribution is 6.29. The Morgan fingerprint density at radius 2 is 2.13 bits per heavy atom. The minimum Gasteiger partial charge on any atom is -0.435 e. The highest BCUT2D eigenvalue weighted by Crippen LogP contribution is 2.20. The third kappa shape index (κ3) is 5.15. The average molecular weight is 343 g/mol. The maximum Gasteiger partial charge on any atom is 0.387 e. The molecular weight excluding hydrogens is 330 g/mol. The first kappa shape index (κ1) is 17.1. The van der Waals surface area contributed by atoms with E-state index in [-0.39, 0.29) is 17.4 Å². The molecule has 2 N–H and O–H groups in total. The lowest BCUT2D eigenvalue weighted by atomic mass is 10.1. The van der Waals surface area contributed by atoms with Gasteiger partial charge in [-0.15, -0.1) is 0 Å². The van der Waals surface area contributed by atoms with Crippen LogP contribution in [0.2, 0.25) is 5.15 Å². The van der Waals surface area contributed by atoms with Gasteiger partial charge in [-0.05, 0) is 29.8 Å². The number of benzene rings is 1. The molecular formula is C15H13ClF2N2O3. The normalized spacial score (nSPS) is 12.0. The lowest BCUT2D eigenvalue weighted by molar-refractivity contribution is -0.0499. The molecule has 1 aromatic carbocycles. The van der Waals surface area contributed by atoms with Gasteiger partial charge in [-0.1, -0.05) is 23.7 Å². The molecule has 0 fully saturated rings. The van der Waals surface area contributed by atoms with Gasteiger partial charge in [0.15, 0.2) is 0 Å². The summed E-state index contributed by atoms with van der Waals surface area (Å²) in [4.78, 5) is 15.7. The number of pyridine rings is 1. The van der Waals surface area contributed by atoms with Crippen LogP contribution in [0.5, 0.6) is 5.75 Å². The highest BCUT2D eigenvalue weighted by Gasteiger charge is 2.13. The van der Waals surface area contributed by atoms with E-state index in [0.717, 1.165) is 0 Å². The van der Waals surface area contributed by atoms with Crippen molar-refractivity contribution in [2.75, 3.05) is 6.54 Å². The van der Waals surface area contributed by atoms with Crippen molar-refractivity contribution in [3.63, 3.8) is 0 Å². The number of ether oxygens (including phenoxy) is 1. The summed E-state index contributed by atoms with van der Waals surface area (Å²) >= 11 is 5.69. The van der Waals surface area contributed by atoms with Crippen molar-refractivity contribution in [3.05, 3.63) is 58.9 Å². The molecule has 5 nitrogen and oxygen atoms in total. The van der Waals surface area contributed by atoms with Crippen LogP contribution < -0.4 is 10.1 Å². The molecule has 1 amide bonds. The first-order valence-corrected chi connectivity index (χ1v) is 6.96. The minimum absolute atomic E-state index is 0.0659. The van der Waals surface area contributed by atoms with Gasteiger partial charge in [-0.2, -0.15) is 8.78 Å². The van der Waals surface area contributed by atoms with E-state index in [9.17, 15) is 18.7 Å². The molecule has 2 rings (SSSR count). The van der Waals surface area contributed by atoms with Crippen molar-refractivity contribution in [1.29, 1.82) is 0 Å². The number of rotatable bonds is 6. The average Bonchev–Trinajstić information content (AvgIpc) is 2.52. The van der Waals surface area contributed by atoms with Crippen LogP contribution in [0.4, 0.5) is 8.78 Å². The van der Waals surface area contributed by atoms with Gasteiger partial charge in [-0.3, -0.25) is 4.79 Å². The number of hydrogen-bond acceptors (Lipinski definition) is 4. The maximum atomic E-state index is 12.2. The predicted molar refractivity (Wildman–Crippen MR) is 79.6 cm³/mol. The molecule has 0 aliphatic heterocycles. The van der Waals surface area contributed by atoms with Gasteiger partial charge in [0, 0.05) is 18.3 Å². The number of alkyl halides is 2. The van der Waals surface area contributed by atoms with Gasteiger partial charge < -0.3 is 15.2 Å². The molecule has 0 saturated carbocycles. The van der Waals surface area contributed by atoms with Crippen LogP contribution in [-0.2, 0) is 0 Å². The monoisotopic (exact) mass is 342 g/mol. The van der Waals surface area contributed by atoms with Crippen molar-refractivity contribution in [2.24, 2.45) is 0 Å².